The number of rotatable bonds is 3. The predicted molar refractivity (Wildman–Crippen MR) is 53.2 cm³/mol. The Hall–Kier alpha value is -0.0800. The molecule has 76 valence electrons. The van der Waals surface area contributed by atoms with Crippen LogP contribution in [0.5, 0.6) is 0 Å². The molecule has 2 aliphatic rings. The minimum atomic E-state index is 0.289. The van der Waals surface area contributed by atoms with E-state index in [9.17, 15) is 5.11 Å². The molecule has 2 rings (SSSR count). The first kappa shape index (κ1) is 9.47. The van der Waals surface area contributed by atoms with Crippen molar-refractivity contribution in [1.82, 2.24) is 0 Å². The second-order valence-corrected chi connectivity index (χ2v) is 5.10. The van der Waals surface area contributed by atoms with Gasteiger partial charge in [0.15, 0.2) is 0 Å². The Morgan fingerprint density at radius 2 is 2.31 bits per heavy atom. The van der Waals surface area contributed by atoms with Crippen molar-refractivity contribution in [3.8, 4) is 0 Å². The van der Waals surface area contributed by atoms with Gasteiger partial charge in [-0.15, -0.1) is 0 Å². The van der Waals surface area contributed by atoms with Crippen LogP contribution in [0.3, 0.4) is 0 Å². The first-order valence-corrected chi connectivity index (χ1v) is 5.54. The highest BCUT2D eigenvalue weighted by Gasteiger charge is 2.52. The molecular formula is C11H21NO. The third-order valence-electron chi connectivity index (χ3n) is 4.66. The highest BCUT2D eigenvalue weighted by atomic mass is 16.3. The summed E-state index contributed by atoms with van der Waals surface area (Å²) in [6, 6.07) is 0. The summed E-state index contributed by atoms with van der Waals surface area (Å²) in [5, 5.41) is 9.26. The number of aliphatic hydroxyl groups is 1. The molecule has 0 saturated heterocycles. The van der Waals surface area contributed by atoms with Crippen molar-refractivity contribution in [2.45, 2.75) is 32.6 Å². The summed E-state index contributed by atoms with van der Waals surface area (Å²) in [6.07, 6.45) is 5.41. The van der Waals surface area contributed by atoms with E-state index in [0.29, 0.717) is 12.5 Å². The quantitative estimate of drug-likeness (QED) is 0.694. The maximum atomic E-state index is 9.26. The van der Waals surface area contributed by atoms with Gasteiger partial charge in [0.25, 0.3) is 0 Å². The van der Waals surface area contributed by atoms with Crippen molar-refractivity contribution < 1.29 is 5.11 Å². The zero-order valence-corrected chi connectivity index (χ0v) is 8.50. The molecule has 4 atom stereocenters. The molecule has 4 unspecified atom stereocenters. The van der Waals surface area contributed by atoms with Gasteiger partial charge >= 0.3 is 0 Å². The predicted octanol–water partition coefficient (Wildman–Crippen LogP) is 1.38. The molecule has 2 heteroatoms. The Kier molecular flexibility index (Phi) is 2.37. The van der Waals surface area contributed by atoms with E-state index in [0.717, 1.165) is 18.4 Å². The molecule has 2 fully saturated rings. The fourth-order valence-electron chi connectivity index (χ4n) is 3.72. The first-order valence-electron chi connectivity index (χ1n) is 5.54. The lowest BCUT2D eigenvalue weighted by molar-refractivity contribution is 0.0514. The molecule has 13 heavy (non-hydrogen) atoms. The fourth-order valence-corrected chi connectivity index (χ4v) is 3.72. The van der Waals surface area contributed by atoms with E-state index in [-0.39, 0.29) is 5.41 Å². The fraction of sp³-hybridized carbons (Fsp3) is 1.00. The lowest BCUT2D eigenvalue weighted by Crippen LogP contribution is -2.42. The summed E-state index contributed by atoms with van der Waals surface area (Å²) in [4.78, 5) is 0. The smallest absolute Gasteiger partial charge is 0.0462 e. The van der Waals surface area contributed by atoms with Crippen molar-refractivity contribution in [3.05, 3.63) is 0 Å². The van der Waals surface area contributed by atoms with Gasteiger partial charge in [-0.1, -0.05) is 13.3 Å². The van der Waals surface area contributed by atoms with E-state index >= 15 is 0 Å². The molecule has 0 spiro atoms. The van der Waals surface area contributed by atoms with Gasteiger partial charge in [0, 0.05) is 6.61 Å². The summed E-state index contributed by atoms with van der Waals surface area (Å²) < 4.78 is 0. The topological polar surface area (TPSA) is 46.2 Å². The summed E-state index contributed by atoms with van der Waals surface area (Å²) in [7, 11) is 0. The number of fused-ring (bicyclic) bond motifs is 2. The van der Waals surface area contributed by atoms with Crippen LogP contribution in [-0.2, 0) is 0 Å². The molecule has 0 radical (unpaired) electrons. The summed E-state index contributed by atoms with van der Waals surface area (Å²) in [5.41, 5.74) is 6.21. The van der Waals surface area contributed by atoms with Crippen molar-refractivity contribution in [1.29, 1.82) is 0 Å². The van der Waals surface area contributed by atoms with E-state index < -0.39 is 0 Å². The second kappa shape index (κ2) is 3.25. The van der Waals surface area contributed by atoms with Gasteiger partial charge < -0.3 is 10.8 Å². The molecule has 3 N–H and O–H groups in total. The van der Waals surface area contributed by atoms with E-state index in [4.69, 9.17) is 5.73 Å². The van der Waals surface area contributed by atoms with Crippen LogP contribution < -0.4 is 5.73 Å². The van der Waals surface area contributed by atoms with Crippen molar-refractivity contribution in [3.63, 3.8) is 0 Å². The normalized spacial score (nSPS) is 45.5. The highest BCUT2D eigenvalue weighted by molar-refractivity contribution is 5.03. The maximum absolute atomic E-state index is 9.26. The molecule has 0 aromatic heterocycles. The zero-order chi connectivity index (χ0) is 9.47. The Bertz CT molecular complexity index is 195. The Balaban J connectivity index is 2.16. The van der Waals surface area contributed by atoms with Crippen LogP contribution in [0.15, 0.2) is 0 Å². The lowest BCUT2D eigenvalue weighted by atomic mass is 9.65. The molecule has 0 aromatic carbocycles. The van der Waals surface area contributed by atoms with Crippen LogP contribution in [0, 0.1) is 23.2 Å². The third kappa shape index (κ3) is 1.23. The van der Waals surface area contributed by atoms with Gasteiger partial charge in [0.05, 0.1) is 0 Å². The van der Waals surface area contributed by atoms with Crippen LogP contribution in [-0.4, -0.2) is 18.3 Å². The molecule has 2 saturated carbocycles. The van der Waals surface area contributed by atoms with Gasteiger partial charge in [-0.3, -0.25) is 0 Å². The van der Waals surface area contributed by atoms with E-state index in [1.54, 1.807) is 0 Å². The number of hydrogen-bond acceptors (Lipinski definition) is 2. The van der Waals surface area contributed by atoms with E-state index in [1.165, 1.54) is 25.7 Å². The van der Waals surface area contributed by atoms with Gasteiger partial charge in [-0.25, -0.2) is 0 Å². The van der Waals surface area contributed by atoms with Gasteiger partial charge in [-0.05, 0) is 49.0 Å². The van der Waals surface area contributed by atoms with Crippen LogP contribution >= 0.6 is 0 Å². The van der Waals surface area contributed by atoms with Crippen molar-refractivity contribution in [2.75, 3.05) is 13.2 Å². The Morgan fingerprint density at radius 1 is 1.54 bits per heavy atom. The molecule has 2 nitrogen and oxygen atoms in total. The van der Waals surface area contributed by atoms with Crippen molar-refractivity contribution >= 4 is 0 Å². The maximum Gasteiger partial charge on any atom is 0.0462 e. The molecule has 0 amide bonds. The van der Waals surface area contributed by atoms with Crippen LogP contribution in [0.2, 0.25) is 0 Å². The SMILES string of the molecule is CC(CO)C1(CN)CC2CCC1C2. The lowest BCUT2D eigenvalue weighted by Gasteiger charge is -2.41. The molecular weight excluding hydrogens is 162 g/mol. The summed E-state index contributed by atoms with van der Waals surface area (Å²) in [6.45, 7) is 3.24. The number of aliphatic hydroxyl groups excluding tert-OH is 1. The van der Waals surface area contributed by atoms with Gasteiger partial charge in [-0.2, -0.15) is 0 Å². The Morgan fingerprint density at radius 3 is 2.69 bits per heavy atom. The second-order valence-electron chi connectivity index (χ2n) is 5.10. The standard InChI is InChI=1S/C11H21NO/c1-8(6-13)11(7-12)5-9-2-3-10(11)4-9/h8-10,13H,2-7,12H2,1H3. The average molecular weight is 183 g/mol. The molecule has 2 aliphatic carbocycles. The van der Waals surface area contributed by atoms with Crippen molar-refractivity contribution in [2.24, 2.45) is 28.9 Å². The first-order chi connectivity index (χ1) is 6.23. The molecule has 0 aromatic rings. The summed E-state index contributed by atoms with van der Waals surface area (Å²) >= 11 is 0. The molecule has 0 aliphatic heterocycles. The number of hydrogen-bond donors (Lipinski definition) is 2. The van der Waals surface area contributed by atoms with E-state index in [2.05, 4.69) is 6.92 Å². The van der Waals surface area contributed by atoms with E-state index in [1.807, 2.05) is 0 Å². The average Bonchev–Trinajstić information content (AvgIpc) is 2.75. The van der Waals surface area contributed by atoms with Gasteiger partial charge in [0.1, 0.15) is 0 Å². The summed E-state index contributed by atoms with van der Waals surface area (Å²) in [5.74, 6) is 2.12. The molecule has 2 bridgehead atoms. The largest absolute Gasteiger partial charge is 0.396 e. The molecule has 0 heterocycles. The van der Waals surface area contributed by atoms with Crippen LogP contribution in [0.25, 0.3) is 0 Å². The Labute approximate surface area is 80.5 Å². The van der Waals surface area contributed by atoms with Gasteiger partial charge in [0.2, 0.25) is 0 Å². The minimum Gasteiger partial charge on any atom is -0.396 e. The monoisotopic (exact) mass is 183 g/mol. The minimum absolute atomic E-state index is 0.289. The third-order valence-corrected chi connectivity index (χ3v) is 4.66. The highest BCUT2D eigenvalue weighted by Crippen LogP contribution is 2.58. The van der Waals surface area contributed by atoms with Crippen LogP contribution in [0.4, 0.5) is 0 Å². The number of nitrogens with two attached hydrogens (primary N) is 1. The van der Waals surface area contributed by atoms with Crippen LogP contribution in [0.1, 0.15) is 32.6 Å². The zero-order valence-electron chi connectivity index (χ0n) is 8.50.